The summed E-state index contributed by atoms with van der Waals surface area (Å²) in [6.07, 6.45) is 4.57. The Labute approximate surface area is 160 Å². The van der Waals surface area contributed by atoms with Crippen LogP contribution in [0.3, 0.4) is 0 Å². The van der Waals surface area contributed by atoms with Crippen LogP contribution in [-0.2, 0) is 10.3 Å². The summed E-state index contributed by atoms with van der Waals surface area (Å²) in [7, 11) is 0. The molecule has 8 heteroatoms. The van der Waals surface area contributed by atoms with E-state index in [0.717, 1.165) is 35.8 Å². The first-order valence-corrected chi connectivity index (χ1v) is 9.07. The van der Waals surface area contributed by atoms with Crippen molar-refractivity contribution in [2.45, 2.75) is 43.6 Å². The zero-order valence-electron chi connectivity index (χ0n) is 13.7. The molecule has 1 aliphatic heterocycles. The van der Waals surface area contributed by atoms with Crippen LogP contribution in [0.25, 0.3) is 0 Å². The lowest BCUT2D eigenvalue weighted by Gasteiger charge is -2.18. The predicted octanol–water partition coefficient (Wildman–Crippen LogP) is 3.50. The van der Waals surface area contributed by atoms with Crippen molar-refractivity contribution in [2.75, 3.05) is 11.4 Å². The monoisotopic (exact) mass is 426 g/mol. The Morgan fingerprint density at radius 3 is 2.72 bits per heavy atom. The lowest BCUT2D eigenvalue weighted by molar-refractivity contribution is -0.118. The van der Waals surface area contributed by atoms with Gasteiger partial charge in [0, 0.05) is 11.0 Å². The Bertz CT molecular complexity index is 776. The molecule has 4 rings (SSSR count). The van der Waals surface area contributed by atoms with Gasteiger partial charge in [0.25, 0.3) is 0 Å². The number of rotatable bonds is 3. The molecule has 0 radical (unpaired) electrons. The first-order valence-electron chi connectivity index (χ1n) is 8.27. The van der Waals surface area contributed by atoms with Gasteiger partial charge in [-0.05, 0) is 47.3 Å². The van der Waals surface area contributed by atoms with Gasteiger partial charge in [0.15, 0.2) is 5.82 Å². The number of nitrogens with two attached hydrogens (primary N) is 1. The van der Waals surface area contributed by atoms with Crippen molar-refractivity contribution in [3.63, 3.8) is 0 Å². The third kappa shape index (κ3) is 3.20. The van der Waals surface area contributed by atoms with E-state index in [-0.39, 0.29) is 24.2 Å². The molecular formula is C17H20BrClN4O2. The van der Waals surface area contributed by atoms with Crippen molar-refractivity contribution in [3.8, 4) is 0 Å². The molecule has 2 fully saturated rings. The maximum Gasteiger partial charge on any atom is 0.239 e. The molecule has 1 amide bonds. The van der Waals surface area contributed by atoms with E-state index < -0.39 is 5.54 Å². The average Bonchev–Trinajstić information content (AvgIpc) is 3.28. The molecule has 1 aliphatic carbocycles. The van der Waals surface area contributed by atoms with Gasteiger partial charge in [-0.1, -0.05) is 30.1 Å². The summed E-state index contributed by atoms with van der Waals surface area (Å²) in [5.41, 5.74) is 6.76. The van der Waals surface area contributed by atoms with E-state index in [1.807, 2.05) is 24.3 Å². The largest absolute Gasteiger partial charge is 0.338 e. The number of hydrogen-bond acceptors (Lipinski definition) is 5. The molecule has 0 spiro atoms. The van der Waals surface area contributed by atoms with Crippen molar-refractivity contribution < 1.29 is 9.32 Å². The molecule has 1 aromatic carbocycles. The number of amides is 1. The number of hydrogen-bond donors (Lipinski definition) is 1. The Balaban J connectivity index is 0.00000182. The Hall–Kier alpha value is -1.44. The molecule has 2 heterocycles. The normalized spacial score (nSPS) is 22.2. The van der Waals surface area contributed by atoms with Crippen LogP contribution >= 0.6 is 28.3 Å². The van der Waals surface area contributed by atoms with Crippen LogP contribution in [0.1, 0.15) is 49.7 Å². The maximum absolute atomic E-state index is 12.8. The van der Waals surface area contributed by atoms with Gasteiger partial charge in [0.2, 0.25) is 11.8 Å². The Morgan fingerprint density at radius 2 is 2.00 bits per heavy atom. The maximum atomic E-state index is 12.8. The fraction of sp³-hybridized carbons (Fsp3) is 0.471. The molecule has 2 aliphatic rings. The van der Waals surface area contributed by atoms with Gasteiger partial charge in [0.1, 0.15) is 5.92 Å². The minimum absolute atomic E-state index is 0. The zero-order valence-corrected chi connectivity index (χ0v) is 16.1. The number of benzene rings is 1. The molecule has 1 saturated carbocycles. The smallest absolute Gasteiger partial charge is 0.239 e. The SMILES string of the molecule is Cl.NC1(c2noc(C3CCN(c4ccccc4Br)C3=O)n2)CCCC1. The number of nitrogens with zero attached hydrogens (tertiary/aromatic N) is 3. The number of anilines is 1. The molecular weight excluding hydrogens is 408 g/mol. The molecule has 2 N–H and O–H groups in total. The second-order valence-electron chi connectivity index (χ2n) is 6.60. The molecule has 2 aromatic rings. The third-order valence-corrected chi connectivity index (χ3v) is 5.70. The van der Waals surface area contributed by atoms with E-state index in [9.17, 15) is 4.79 Å². The Morgan fingerprint density at radius 1 is 1.28 bits per heavy atom. The summed E-state index contributed by atoms with van der Waals surface area (Å²) in [6.45, 7) is 0.637. The van der Waals surface area contributed by atoms with Gasteiger partial charge >= 0.3 is 0 Å². The van der Waals surface area contributed by atoms with Gasteiger partial charge in [-0.15, -0.1) is 12.4 Å². The van der Waals surface area contributed by atoms with Gasteiger partial charge in [-0.3, -0.25) is 4.79 Å². The summed E-state index contributed by atoms with van der Waals surface area (Å²) in [5, 5.41) is 4.07. The fourth-order valence-corrected chi connectivity index (χ4v) is 4.13. The minimum Gasteiger partial charge on any atom is -0.338 e. The van der Waals surface area contributed by atoms with Crippen molar-refractivity contribution in [2.24, 2.45) is 5.73 Å². The van der Waals surface area contributed by atoms with Gasteiger partial charge < -0.3 is 15.2 Å². The van der Waals surface area contributed by atoms with Crippen molar-refractivity contribution in [1.82, 2.24) is 10.1 Å². The van der Waals surface area contributed by atoms with Crippen molar-refractivity contribution >= 4 is 39.9 Å². The van der Waals surface area contributed by atoms with E-state index in [4.69, 9.17) is 10.3 Å². The first-order chi connectivity index (χ1) is 11.6. The van der Waals surface area contributed by atoms with Crippen molar-refractivity contribution in [3.05, 3.63) is 40.5 Å². The number of carbonyl (C=O) groups is 1. The molecule has 1 aromatic heterocycles. The lowest BCUT2D eigenvalue weighted by atomic mass is 9.98. The zero-order chi connectivity index (χ0) is 16.7. The second-order valence-corrected chi connectivity index (χ2v) is 7.46. The highest BCUT2D eigenvalue weighted by molar-refractivity contribution is 9.10. The first kappa shape index (κ1) is 18.4. The minimum atomic E-state index is -0.494. The summed E-state index contributed by atoms with van der Waals surface area (Å²) >= 11 is 3.50. The van der Waals surface area contributed by atoms with E-state index in [1.54, 1.807) is 4.90 Å². The molecule has 6 nitrogen and oxygen atoms in total. The number of halogens is 2. The predicted molar refractivity (Wildman–Crippen MR) is 99.7 cm³/mol. The van der Waals surface area contributed by atoms with Crippen LogP contribution in [0.5, 0.6) is 0 Å². The lowest BCUT2D eigenvalue weighted by Crippen LogP contribution is -2.34. The second kappa shape index (κ2) is 7.05. The summed E-state index contributed by atoms with van der Waals surface area (Å²) in [5.74, 6) is 0.543. The average molecular weight is 428 g/mol. The van der Waals surface area contributed by atoms with E-state index in [1.165, 1.54) is 0 Å². The Kier molecular flexibility index (Phi) is 5.18. The van der Waals surface area contributed by atoms with Crippen LogP contribution < -0.4 is 10.6 Å². The summed E-state index contributed by atoms with van der Waals surface area (Å²) in [4.78, 5) is 19.1. The number of para-hydroxylation sites is 1. The standard InChI is InChI=1S/C17H19BrN4O2.ClH/c18-12-5-1-2-6-13(12)22-10-7-11(15(22)23)14-20-16(21-24-14)17(19)8-3-4-9-17;/h1-2,5-6,11H,3-4,7-10,19H2;1H. The molecule has 1 atom stereocenters. The summed E-state index contributed by atoms with van der Waals surface area (Å²) in [6, 6.07) is 7.71. The van der Waals surface area contributed by atoms with Crippen molar-refractivity contribution in [1.29, 1.82) is 0 Å². The van der Waals surface area contributed by atoms with Crippen LogP contribution in [0.15, 0.2) is 33.3 Å². The molecule has 1 unspecified atom stereocenters. The van der Waals surface area contributed by atoms with E-state index in [0.29, 0.717) is 24.7 Å². The van der Waals surface area contributed by atoms with Crippen LogP contribution in [0, 0.1) is 0 Å². The fourth-order valence-electron chi connectivity index (χ4n) is 3.63. The van der Waals surface area contributed by atoms with Crippen LogP contribution in [-0.4, -0.2) is 22.6 Å². The van der Waals surface area contributed by atoms with E-state index in [2.05, 4.69) is 26.1 Å². The molecule has 25 heavy (non-hydrogen) atoms. The molecule has 0 bridgehead atoms. The van der Waals surface area contributed by atoms with Gasteiger partial charge in [-0.25, -0.2) is 0 Å². The molecule has 134 valence electrons. The number of carbonyl (C=O) groups excluding carboxylic acids is 1. The number of aromatic nitrogens is 2. The highest BCUT2D eigenvalue weighted by Gasteiger charge is 2.41. The van der Waals surface area contributed by atoms with E-state index >= 15 is 0 Å². The molecule has 1 saturated heterocycles. The van der Waals surface area contributed by atoms with Crippen LogP contribution in [0.4, 0.5) is 5.69 Å². The summed E-state index contributed by atoms with van der Waals surface area (Å²) < 4.78 is 6.31. The highest BCUT2D eigenvalue weighted by Crippen LogP contribution is 2.38. The van der Waals surface area contributed by atoms with Gasteiger partial charge in [0.05, 0.1) is 11.2 Å². The topological polar surface area (TPSA) is 85.2 Å². The quantitative estimate of drug-likeness (QED) is 0.810. The van der Waals surface area contributed by atoms with Gasteiger partial charge in [-0.2, -0.15) is 4.98 Å². The van der Waals surface area contributed by atoms with Crippen LogP contribution in [0.2, 0.25) is 0 Å². The third-order valence-electron chi connectivity index (χ3n) is 5.03. The highest BCUT2D eigenvalue weighted by atomic mass is 79.9.